The minimum Gasteiger partial charge on any atom is -0.348 e. The van der Waals surface area contributed by atoms with Crippen LogP contribution in [-0.2, 0) is 13.1 Å². The topological polar surface area (TPSA) is 66.5 Å². The van der Waals surface area contributed by atoms with Crippen LogP contribution in [0.2, 0.25) is 0 Å². The molecule has 0 radical (unpaired) electrons. The van der Waals surface area contributed by atoms with Crippen LogP contribution in [0.1, 0.15) is 22.9 Å². The van der Waals surface area contributed by atoms with Gasteiger partial charge in [0.25, 0.3) is 0 Å². The molecule has 0 amide bonds. The first-order valence-corrected chi connectivity index (χ1v) is 5.24. The van der Waals surface area contributed by atoms with Crippen LogP contribution in [0.15, 0.2) is 18.6 Å². The molecule has 0 aliphatic carbocycles. The van der Waals surface area contributed by atoms with Gasteiger partial charge < -0.3 is 10.3 Å². The number of imidazole rings is 1. The van der Waals surface area contributed by atoms with Crippen molar-refractivity contribution >= 4 is 0 Å². The number of aromatic amines is 1. The highest BCUT2D eigenvalue weighted by Crippen LogP contribution is 2.00. The van der Waals surface area contributed by atoms with E-state index >= 15 is 0 Å². The fourth-order valence-electron chi connectivity index (χ4n) is 1.48. The van der Waals surface area contributed by atoms with E-state index in [4.69, 9.17) is 0 Å². The van der Waals surface area contributed by atoms with Gasteiger partial charge in [-0.3, -0.25) is 0 Å². The Balaban J connectivity index is 1.87. The van der Waals surface area contributed by atoms with Gasteiger partial charge in [0, 0.05) is 25.0 Å². The summed E-state index contributed by atoms with van der Waals surface area (Å²) in [6, 6.07) is 1.91. The minimum absolute atomic E-state index is 0.732. The Labute approximate surface area is 94.4 Å². The summed E-state index contributed by atoms with van der Waals surface area (Å²) >= 11 is 0. The Morgan fingerprint density at radius 1 is 1.25 bits per heavy atom. The van der Waals surface area contributed by atoms with Crippen molar-refractivity contribution in [2.45, 2.75) is 26.9 Å². The van der Waals surface area contributed by atoms with Crippen molar-refractivity contribution in [1.82, 2.24) is 25.3 Å². The Hall–Kier alpha value is -1.75. The third-order valence-corrected chi connectivity index (χ3v) is 2.37. The molecule has 84 valence electrons. The molecular formula is C11H15N5. The summed E-state index contributed by atoms with van der Waals surface area (Å²) in [5.41, 5.74) is 3.15. The maximum absolute atomic E-state index is 4.31. The predicted molar refractivity (Wildman–Crippen MR) is 60.6 cm³/mol. The molecule has 0 aromatic carbocycles. The first-order valence-electron chi connectivity index (χ1n) is 5.24. The molecule has 0 aliphatic heterocycles. The molecule has 0 bridgehead atoms. The van der Waals surface area contributed by atoms with Crippen molar-refractivity contribution in [2.75, 3.05) is 0 Å². The molecule has 0 fully saturated rings. The van der Waals surface area contributed by atoms with Gasteiger partial charge in [0.1, 0.15) is 5.82 Å². The zero-order valence-corrected chi connectivity index (χ0v) is 9.49. The lowest BCUT2D eigenvalue weighted by Crippen LogP contribution is -2.15. The standard InChI is InChI=1S/C11H15N5/c1-8-11(15-7-14-8)6-12-5-10-3-4-13-9(2)16-10/h3-4,7,12H,5-6H2,1-2H3,(H,14,15). The summed E-state index contributed by atoms with van der Waals surface area (Å²) < 4.78 is 0. The maximum atomic E-state index is 4.31. The van der Waals surface area contributed by atoms with Gasteiger partial charge >= 0.3 is 0 Å². The SMILES string of the molecule is Cc1nccc(CNCc2nc[nH]c2C)n1. The van der Waals surface area contributed by atoms with E-state index in [0.29, 0.717) is 0 Å². The Morgan fingerprint density at radius 2 is 2.12 bits per heavy atom. The average Bonchev–Trinajstić information content (AvgIpc) is 2.65. The first kappa shape index (κ1) is 10.8. The quantitative estimate of drug-likeness (QED) is 0.805. The van der Waals surface area contributed by atoms with Crippen LogP contribution in [0.3, 0.4) is 0 Å². The van der Waals surface area contributed by atoms with Crippen LogP contribution in [0.5, 0.6) is 0 Å². The molecule has 2 rings (SSSR count). The van der Waals surface area contributed by atoms with Crippen LogP contribution in [0.4, 0.5) is 0 Å². The van der Waals surface area contributed by atoms with E-state index < -0.39 is 0 Å². The van der Waals surface area contributed by atoms with Crippen molar-refractivity contribution in [2.24, 2.45) is 0 Å². The molecule has 2 heterocycles. The average molecular weight is 217 g/mol. The molecular weight excluding hydrogens is 202 g/mol. The van der Waals surface area contributed by atoms with E-state index in [0.717, 1.165) is 36.0 Å². The van der Waals surface area contributed by atoms with E-state index in [9.17, 15) is 0 Å². The lowest BCUT2D eigenvalue weighted by atomic mass is 10.3. The first-order chi connectivity index (χ1) is 7.75. The van der Waals surface area contributed by atoms with Gasteiger partial charge in [-0.1, -0.05) is 0 Å². The number of H-pyrrole nitrogens is 1. The van der Waals surface area contributed by atoms with Crippen molar-refractivity contribution in [1.29, 1.82) is 0 Å². The molecule has 0 spiro atoms. The summed E-state index contributed by atoms with van der Waals surface area (Å²) in [6.07, 6.45) is 3.49. The van der Waals surface area contributed by atoms with Gasteiger partial charge in [-0.05, 0) is 19.9 Å². The van der Waals surface area contributed by atoms with E-state index in [2.05, 4.69) is 25.3 Å². The Kier molecular flexibility index (Phi) is 3.26. The number of aromatic nitrogens is 4. The fraction of sp³-hybridized carbons (Fsp3) is 0.364. The third-order valence-electron chi connectivity index (χ3n) is 2.37. The van der Waals surface area contributed by atoms with Crippen molar-refractivity contribution < 1.29 is 0 Å². The van der Waals surface area contributed by atoms with Crippen molar-refractivity contribution in [3.8, 4) is 0 Å². The molecule has 2 N–H and O–H groups in total. The van der Waals surface area contributed by atoms with Crippen LogP contribution in [-0.4, -0.2) is 19.9 Å². The number of rotatable bonds is 4. The summed E-state index contributed by atoms with van der Waals surface area (Å²) in [6.45, 7) is 5.38. The summed E-state index contributed by atoms with van der Waals surface area (Å²) in [7, 11) is 0. The highest BCUT2D eigenvalue weighted by atomic mass is 15.0. The lowest BCUT2D eigenvalue weighted by molar-refractivity contribution is 0.663. The van der Waals surface area contributed by atoms with Crippen LogP contribution in [0, 0.1) is 13.8 Å². The van der Waals surface area contributed by atoms with Crippen molar-refractivity contribution in [3.05, 3.63) is 41.5 Å². The summed E-state index contributed by atoms with van der Waals surface area (Å²) in [5, 5.41) is 3.30. The second-order valence-electron chi connectivity index (χ2n) is 3.67. The number of hydrogen-bond donors (Lipinski definition) is 2. The molecule has 16 heavy (non-hydrogen) atoms. The van der Waals surface area contributed by atoms with Gasteiger partial charge in [0.05, 0.1) is 17.7 Å². The van der Waals surface area contributed by atoms with Crippen LogP contribution >= 0.6 is 0 Å². The van der Waals surface area contributed by atoms with Gasteiger partial charge in [0.15, 0.2) is 0 Å². The molecule has 5 heteroatoms. The molecule has 2 aromatic rings. The highest BCUT2D eigenvalue weighted by molar-refractivity contribution is 5.08. The van der Waals surface area contributed by atoms with Gasteiger partial charge in [0.2, 0.25) is 0 Å². The minimum atomic E-state index is 0.732. The predicted octanol–water partition coefficient (Wildman–Crippen LogP) is 1.11. The van der Waals surface area contributed by atoms with E-state index in [1.54, 1.807) is 12.5 Å². The van der Waals surface area contributed by atoms with E-state index in [-0.39, 0.29) is 0 Å². The monoisotopic (exact) mass is 217 g/mol. The summed E-state index contributed by atoms with van der Waals surface area (Å²) in [5.74, 6) is 0.801. The Morgan fingerprint density at radius 3 is 2.81 bits per heavy atom. The lowest BCUT2D eigenvalue weighted by Gasteiger charge is -2.03. The molecule has 0 unspecified atom stereocenters. The third kappa shape index (κ3) is 2.64. The number of nitrogens with one attached hydrogen (secondary N) is 2. The normalized spacial score (nSPS) is 10.6. The molecule has 0 saturated carbocycles. The number of aryl methyl sites for hydroxylation is 2. The molecule has 0 atom stereocenters. The second-order valence-corrected chi connectivity index (χ2v) is 3.67. The van der Waals surface area contributed by atoms with E-state index in [1.165, 1.54) is 0 Å². The largest absolute Gasteiger partial charge is 0.348 e. The van der Waals surface area contributed by atoms with Gasteiger partial charge in [-0.2, -0.15) is 0 Å². The van der Waals surface area contributed by atoms with Crippen molar-refractivity contribution in [3.63, 3.8) is 0 Å². The fourth-order valence-corrected chi connectivity index (χ4v) is 1.48. The number of nitrogens with zero attached hydrogens (tertiary/aromatic N) is 3. The van der Waals surface area contributed by atoms with Gasteiger partial charge in [-0.15, -0.1) is 0 Å². The zero-order chi connectivity index (χ0) is 11.4. The van der Waals surface area contributed by atoms with Crippen LogP contribution < -0.4 is 5.32 Å². The summed E-state index contributed by atoms with van der Waals surface area (Å²) in [4.78, 5) is 15.6. The molecule has 5 nitrogen and oxygen atoms in total. The second kappa shape index (κ2) is 4.85. The highest BCUT2D eigenvalue weighted by Gasteiger charge is 2.00. The number of hydrogen-bond acceptors (Lipinski definition) is 4. The molecule has 2 aromatic heterocycles. The smallest absolute Gasteiger partial charge is 0.125 e. The zero-order valence-electron chi connectivity index (χ0n) is 9.49. The maximum Gasteiger partial charge on any atom is 0.125 e. The Bertz CT molecular complexity index is 463. The van der Waals surface area contributed by atoms with Crippen LogP contribution in [0.25, 0.3) is 0 Å². The van der Waals surface area contributed by atoms with Gasteiger partial charge in [-0.25, -0.2) is 15.0 Å². The molecule has 0 saturated heterocycles. The van der Waals surface area contributed by atoms with E-state index in [1.807, 2.05) is 19.9 Å². The molecule has 0 aliphatic rings.